The van der Waals surface area contributed by atoms with Crippen LogP contribution in [0.4, 0.5) is 0 Å². The van der Waals surface area contributed by atoms with Gasteiger partial charge in [-0.1, -0.05) is 54.3 Å². The van der Waals surface area contributed by atoms with E-state index in [2.05, 4.69) is 15.3 Å². The number of nitrogens with zero attached hydrogens (tertiary/aromatic N) is 6. The van der Waals surface area contributed by atoms with Crippen LogP contribution >= 0.6 is 0 Å². The van der Waals surface area contributed by atoms with Gasteiger partial charge in [0.1, 0.15) is 5.82 Å². The molecule has 0 unspecified atom stereocenters. The minimum absolute atomic E-state index is 0.0337. The summed E-state index contributed by atoms with van der Waals surface area (Å²) in [5, 5.41) is 8.18. The zero-order valence-corrected chi connectivity index (χ0v) is 26.5. The second-order valence-corrected chi connectivity index (χ2v) is 15.8. The van der Waals surface area contributed by atoms with Crippen LogP contribution < -0.4 is 5.56 Å². The van der Waals surface area contributed by atoms with E-state index >= 15 is 0 Å². The summed E-state index contributed by atoms with van der Waals surface area (Å²) in [5.74, 6) is 0.341. The quantitative estimate of drug-likeness (QED) is 0.308. The number of sulfonamides is 2. The number of aromatic amines is 1. The van der Waals surface area contributed by atoms with Gasteiger partial charge >= 0.3 is 0 Å². The van der Waals surface area contributed by atoms with Crippen LogP contribution in [0.25, 0.3) is 11.2 Å². The van der Waals surface area contributed by atoms with Gasteiger partial charge in [-0.3, -0.25) is 4.79 Å². The lowest BCUT2D eigenvalue weighted by Crippen LogP contribution is -2.39. The maximum Gasteiger partial charge on any atom is 0.281 e. The van der Waals surface area contributed by atoms with Crippen LogP contribution in [-0.2, 0) is 26.6 Å². The normalized spacial score (nSPS) is 17.9. The number of aryl methyl sites for hydroxylation is 1. The van der Waals surface area contributed by atoms with Crippen molar-refractivity contribution in [2.45, 2.75) is 80.2 Å². The molecule has 0 radical (unpaired) electrons. The molecule has 1 aliphatic heterocycles. The third-order valence-electron chi connectivity index (χ3n) is 8.91. The zero-order chi connectivity index (χ0) is 31.1. The number of rotatable bonds is 8. The molecule has 2 aliphatic rings. The van der Waals surface area contributed by atoms with E-state index in [1.54, 1.807) is 11.7 Å². The van der Waals surface area contributed by atoms with E-state index in [4.69, 9.17) is 4.98 Å². The summed E-state index contributed by atoms with van der Waals surface area (Å²) in [6, 6.07) is 13.5. The second-order valence-electron chi connectivity index (χ2n) is 11.8. The Balaban J connectivity index is 1.14. The second kappa shape index (κ2) is 12.1. The molecule has 2 aromatic heterocycles. The van der Waals surface area contributed by atoms with Crippen LogP contribution in [0.3, 0.4) is 0 Å². The number of H-pyrrole nitrogens is 1. The lowest BCUT2D eigenvalue weighted by Gasteiger charge is -2.31. The molecule has 1 N–H and O–H groups in total. The number of benzene rings is 2. The molecule has 2 fully saturated rings. The van der Waals surface area contributed by atoms with E-state index in [9.17, 15) is 21.6 Å². The number of piperidine rings is 1. The number of hydrogen-bond donors (Lipinski definition) is 1. The van der Waals surface area contributed by atoms with Gasteiger partial charge in [-0.15, -0.1) is 5.10 Å². The van der Waals surface area contributed by atoms with Gasteiger partial charge in [-0.2, -0.15) is 8.61 Å². The van der Waals surface area contributed by atoms with Gasteiger partial charge in [0.15, 0.2) is 11.2 Å². The van der Waals surface area contributed by atoms with Gasteiger partial charge < -0.3 is 4.98 Å². The first kappa shape index (κ1) is 30.6. The fourth-order valence-electron chi connectivity index (χ4n) is 6.16. The third-order valence-corrected chi connectivity index (χ3v) is 12.8. The van der Waals surface area contributed by atoms with Crippen LogP contribution in [0, 0.1) is 6.92 Å². The highest BCUT2D eigenvalue weighted by Gasteiger charge is 2.33. The Morgan fingerprint density at radius 2 is 1.52 bits per heavy atom. The molecule has 1 aliphatic carbocycles. The molecular weight excluding hydrogens is 603 g/mol. The van der Waals surface area contributed by atoms with E-state index in [0.29, 0.717) is 30.9 Å². The van der Waals surface area contributed by atoms with Crippen molar-refractivity contribution >= 4 is 31.2 Å². The Kier molecular flexibility index (Phi) is 8.44. The maximum absolute atomic E-state index is 13.5. The molecule has 4 aromatic rings. The predicted molar refractivity (Wildman–Crippen MR) is 165 cm³/mol. The molecule has 0 spiro atoms. The van der Waals surface area contributed by atoms with Crippen molar-refractivity contribution in [3.8, 4) is 0 Å². The van der Waals surface area contributed by atoms with Crippen molar-refractivity contribution in [1.29, 1.82) is 0 Å². The van der Waals surface area contributed by atoms with E-state index < -0.39 is 20.0 Å². The molecule has 6 rings (SSSR count). The highest BCUT2D eigenvalue weighted by atomic mass is 32.2. The minimum Gasteiger partial charge on any atom is -0.308 e. The summed E-state index contributed by atoms with van der Waals surface area (Å²) < 4.78 is 57.8. The molecular formula is C30H37N7O5S2. The summed E-state index contributed by atoms with van der Waals surface area (Å²) >= 11 is 0. The van der Waals surface area contributed by atoms with Crippen LogP contribution in [0.2, 0.25) is 0 Å². The molecule has 3 heterocycles. The lowest BCUT2D eigenvalue weighted by molar-refractivity contribution is 0.286. The summed E-state index contributed by atoms with van der Waals surface area (Å²) in [5.41, 5.74) is 2.33. The standard InChI is InChI=1S/C30H37N7O5S2/c1-21-8-10-22(11-9-21)20-37-29-27(33-34-37)30(38)32-28(31-29)23-16-18-36(19-17-23)44(41,42)26-14-12-25(13-15-26)43(39,40)35(2)24-6-4-3-5-7-24/h8-15,23-24H,3-7,16-20H2,1-2H3,(H,31,32,38). The van der Waals surface area contributed by atoms with Gasteiger partial charge in [0.2, 0.25) is 20.0 Å². The average Bonchev–Trinajstić information content (AvgIpc) is 3.45. The highest BCUT2D eigenvalue weighted by Crippen LogP contribution is 2.31. The van der Waals surface area contributed by atoms with Crippen molar-refractivity contribution in [2.24, 2.45) is 0 Å². The fourth-order valence-corrected chi connectivity index (χ4v) is 9.04. The average molecular weight is 640 g/mol. The molecule has 1 saturated heterocycles. The molecule has 0 amide bonds. The Labute approximate surface area is 257 Å². The predicted octanol–water partition coefficient (Wildman–Crippen LogP) is 3.39. The molecule has 14 heteroatoms. The van der Waals surface area contributed by atoms with Crippen LogP contribution in [-0.4, -0.2) is 76.6 Å². The summed E-state index contributed by atoms with van der Waals surface area (Å²) in [6.45, 7) is 2.90. The van der Waals surface area contributed by atoms with E-state index in [-0.39, 0.29) is 45.9 Å². The lowest BCUT2D eigenvalue weighted by atomic mass is 9.96. The number of aromatic nitrogens is 5. The van der Waals surface area contributed by atoms with E-state index in [1.807, 2.05) is 31.2 Å². The smallest absolute Gasteiger partial charge is 0.281 e. The number of fused-ring (bicyclic) bond motifs is 1. The van der Waals surface area contributed by atoms with Crippen molar-refractivity contribution in [2.75, 3.05) is 20.1 Å². The summed E-state index contributed by atoms with van der Waals surface area (Å²) in [4.78, 5) is 20.5. The SMILES string of the molecule is Cc1ccc(Cn2nnc3c(=O)[nH]c(C4CCN(S(=O)(=O)c5ccc(S(=O)(=O)N(C)C6CCCCC6)cc5)CC4)nc32)cc1. The molecule has 234 valence electrons. The Hall–Kier alpha value is -3.46. The van der Waals surface area contributed by atoms with Crippen molar-refractivity contribution in [3.05, 3.63) is 75.8 Å². The fraction of sp³-hybridized carbons (Fsp3) is 0.467. The van der Waals surface area contributed by atoms with Gasteiger partial charge in [0, 0.05) is 32.1 Å². The summed E-state index contributed by atoms with van der Waals surface area (Å²) in [6.07, 6.45) is 5.74. The maximum atomic E-state index is 13.5. The largest absolute Gasteiger partial charge is 0.308 e. The zero-order valence-electron chi connectivity index (χ0n) is 24.9. The number of hydrogen-bond acceptors (Lipinski definition) is 8. The van der Waals surface area contributed by atoms with E-state index in [1.165, 1.54) is 32.9 Å². The Bertz CT molecular complexity index is 1910. The van der Waals surface area contributed by atoms with Crippen LogP contribution in [0.5, 0.6) is 0 Å². The van der Waals surface area contributed by atoms with Gasteiger partial charge in [-0.25, -0.2) is 26.5 Å². The molecule has 12 nitrogen and oxygen atoms in total. The minimum atomic E-state index is -3.84. The first-order valence-electron chi connectivity index (χ1n) is 15.0. The molecule has 2 aromatic carbocycles. The van der Waals surface area contributed by atoms with Crippen LogP contribution in [0.15, 0.2) is 63.1 Å². The molecule has 0 bridgehead atoms. The first-order chi connectivity index (χ1) is 21.0. The molecule has 0 atom stereocenters. The Morgan fingerprint density at radius 3 is 2.18 bits per heavy atom. The van der Waals surface area contributed by atoms with Crippen LogP contribution in [0.1, 0.15) is 67.8 Å². The van der Waals surface area contributed by atoms with Crippen molar-refractivity contribution < 1.29 is 16.8 Å². The summed E-state index contributed by atoms with van der Waals surface area (Å²) in [7, 11) is -5.96. The molecule has 44 heavy (non-hydrogen) atoms. The highest BCUT2D eigenvalue weighted by molar-refractivity contribution is 7.89. The monoisotopic (exact) mass is 639 g/mol. The van der Waals surface area contributed by atoms with E-state index in [0.717, 1.165) is 43.2 Å². The van der Waals surface area contributed by atoms with Gasteiger partial charge in [0.05, 0.1) is 16.3 Å². The van der Waals surface area contributed by atoms with Crippen molar-refractivity contribution in [1.82, 2.24) is 33.6 Å². The van der Waals surface area contributed by atoms with Gasteiger partial charge in [-0.05, 0) is 62.4 Å². The third kappa shape index (κ3) is 5.95. The first-order valence-corrected chi connectivity index (χ1v) is 17.9. The number of nitrogens with one attached hydrogen (secondary N) is 1. The van der Waals surface area contributed by atoms with Gasteiger partial charge in [0.25, 0.3) is 5.56 Å². The molecule has 1 saturated carbocycles. The topological polar surface area (TPSA) is 151 Å². The Morgan fingerprint density at radius 1 is 0.886 bits per heavy atom. The van der Waals surface area contributed by atoms with Crippen molar-refractivity contribution in [3.63, 3.8) is 0 Å².